The van der Waals surface area contributed by atoms with Gasteiger partial charge in [0, 0.05) is 34.6 Å². The molecular formula is C29H33Cl2N3O5S. The molecule has 3 aromatic carbocycles. The Bertz CT molecular complexity index is 1410. The lowest BCUT2D eigenvalue weighted by molar-refractivity contribution is -0.140. The van der Waals surface area contributed by atoms with Crippen molar-refractivity contribution in [2.45, 2.75) is 38.9 Å². The third-order valence-corrected chi connectivity index (χ3v) is 7.96. The molecule has 0 radical (unpaired) electrons. The van der Waals surface area contributed by atoms with Crippen LogP contribution in [-0.4, -0.2) is 57.1 Å². The summed E-state index contributed by atoms with van der Waals surface area (Å²) in [5.74, 6) is -0.731. The fourth-order valence-corrected chi connectivity index (χ4v) is 5.59. The second-order valence-corrected chi connectivity index (χ2v) is 12.3. The van der Waals surface area contributed by atoms with Crippen molar-refractivity contribution in [2.75, 3.05) is 24.2 Å². The number of sulfonamides is 1. The van der Waals surface area contributed by atoms with E-state index in [9.17, 15) is 18.0 Å². The standard InChI is InChI=1S/C29H33Cl2N3O5S/c1-20(2)32-29(36)26(17-21-11-6-5-7-12-21)33(18-22-23(30)13-10-14-24(22)31)28(35)19-34(40(4,37)38)25-15-8-9-16-27(25)39-3/h5-16,20,26H,17-19H2,1-4H3,(H,32,36). The molecule has 0 aliphatic carbocycles. The van der Waals surface area contributed by atoms with Gasteiger partial charge in [-0.1, -0.05) is 71.7 Å². The minimum absolute atomic E-state index is 0.121. The largest absolute Gasteiger partial charge is 0.495 e. The van der Waals surface area contributed by atoms with E-state index in [0.717, 1.165) is 16.1 Å². The van der Waals surface area contributed by atoms with E-state index in [2.05, 4.69) is 5.32 Å². The fraction of sp³-hybridized carbons (Fsp3) is 0.310. The molecule has 214 valence electrons. The fourth-order valence-electron chi connectivity index (χ4n) is 4.22. The van der Waals surface area contributed by atoms with Gasteiger partial charge >= 0.3 is 0 Å². The Labute approximate surface area is 245 Å². The predicted molar refractivity (Wildman–Crippen MR) is 159 cm³/mol. The lowest BCUT2D eigenvalue weighted by Crippen LogP contribution is -2.54. The number of methoxy groups -OCH3 is 1. The molecule has 3 aromatic rings. The Morgan fingerprint density at radius 3 is 2.10 bits per heavy atom. The zero-order valence-corrected chi connectivity index (χ0v) is 25.1. The molecule has 0 aliphatic rings. The molecule has 1 unspecified atom stereocenters. The number of halogens is 2. The average molecular weight is 607 g/mol. The van der Waals surface area contributed by atoms with Crippen LogP contribution in [0.2, 0.25) is 10.0 Å². The first-order valence-corrected chi connectivity index (χ1v) is 15.2. The number of rotatable bonds is 12. The summed E-state index contributed by atoms with van der Waals surface area (Å²) >= 11 is 13.0. The van der Waals surface area contributed by atoms with Gasteiger partial charge in [0.05, 0.1) is 19.1 Å². The van der Waals surface area contributed by atoms with Crippen molar-refractivity contribution in [3.05, 3.63) is 94.0 Å². The van der Waals surface area contributed by atoms with E-state index in [4.69, 9.17) is 27.9 Å². The summed E-state index contributed by atoms with van der Waals surface area (Å²) < 4.78 is 32.2. The van der Waals surface area contributed by atoms with Crippen molar-refractivity contribution in [3.63, 3.8) is 0 Å². The van der Waals surface area contributed by atoms with Crippen LogP contribution < -0.4 is 14.4 Å². The van der Waals surface area contributed by atoms with Gasteiger partial charge in [0.2, 0.25) is 21.8 Å². The first-order chi connectivity index (χ1) is 18.9. The van der Waals surface area contributed by atoms with Crippen LogP contribution >= 0.6 is 23.2 Å². The number of nitrogens with zero attached hydrogens (tertiary/aromatic N) is 2. The van der Waals surface area contributed by atoms with Gasteiger partial charge in [-0.3, -0.25) is 13.9 Å². The molecule has 0 saturated heterocycles. The quantitative estimate of drug-likeness (QED) is 0.316. The maximum Gasteiger partial charge on any atom is 0.244 e. The lowest BCUT2D eigenvalue weighted by atomic mass is 10.0. The summed E-state index contributed by atoms with van der Waals surface area (Å²) in [6.07, 6.45) is 1.19. The molecule has 40 heavy (non-hydrogen) atoms. The molecule has 2 amide bonds. The number of anilines is 1. The van der Waals surface area contributed by atoms with Gasteiger partial charge in [-0.05, 0) is 43.7 Å². The normalized spacial score (nSPS) is 12.1. The van der Waals surface area contributed by atoms with E-state index in [1.165, 1.54) is 12.0 Å². The number of amides is 2. The van der Waals surface area contributed by atoms with Crippen LogP contribution in [0, 0.1) is 0 Å². The first kappa shape index (κ1) is 31.3. The molecule has 0 bridgehead atoms. The van der Waals surface area contributed by atoms with E-state index in [0.29, 0.717) is 15.6 Å². The number of carbonyl (C=O) groups is 2. The predicted octanol–water partition coefficient (Wildman–Crippen LogP) is 4.93. The first-order valence-electron chi connectivity index (χ1n) is 12.6. The van der Waals surface area contributed by atoms with Crippen molar-refractivity contribution in [1.29, 1.82) is 0 Å². The monoisotopic (exact) mass is 605 g/mol. The van der Waals surface area contributed by atoms with Gasteiger partial charge in [-0.25, -0.2) is 8.42 Å². The highest BCUT2D eigenvalue weighted by Crippen LogP contribution is 2.31. The Morgan fingerprint density at radius 2 is 1.52 bits per heavy atom. The summed E-state index contributed by atoms with van der Waals surface area (Å²) in [7, 11) is -2.52. The van der Waals surface area contributed by atoms with Crippen molar-refractivity contribution >= 4 is 50.7 Å². The highest BCUT2D eigenvalue weighted by atomic mass is 35.5. The highest BCUT2D eigenvalue weighted by Gasteiger charge is 2.34. The van der Waals surface area contributed by atoms with Crippen LogP contribution in [0.3, 0.4) is 0 Å². The molecule has 0 spiro atoms. The van der Waals surface area contributed by atoms with E-state index in [1.807, 2.05) is 44.2 Å². The summed E-state index contributed by atoms with van der Waals surface area (Å²) in [5.41, 5.74) is 1.46. The number of nitrogens with one attached hydrogen (secondary N) is 1. The van der Waals surface area contributed by atoms with Crippen LogP contribution in [0.4, 0.5) is 5.69 Å². The van der Waals surface area contributed by atoms with Crippen LogP contribution in [0.5, 0.6) is 5.75 Å². The number of hydrogen-bond donors (Lipinski definition) is 1. The van der Waals surface area contributed by atoms with Gasteiger partial charge in [-0.2, -0.15) is 0 Å². The molecule has 8 nitrogen and oxygen atoms in total. The van der Waals surface area contributed by atoms with E-state index in [1.54, 1.807) is 42.5 Å². The Morgan fingerprint density at radius 1 is 0.925 bits per heavy atom. The van der Waals surface area contributed by atoms with Gasteiger partial charge < -0.3 is 15.0 Å². The molecule has 0 aromatic heterocycles. The van der Waals surface area contributed by atoms with Crippen molar-refractivity contribution in [2.24, 2.45) is 0 Å². The van der Waals surface area contributed by atoms with Crippen molar-refractivity contribution in [3.8, 4) is 5.75 Å². The highest BCUT2D eigenvalue weighted by molar-refractivity contribution is 7.92. The summed E-state index contributed by atoms with van der Waals surface area (Å²) in [5, 5.41) is 3.53. The maximum absolute atomic E-state index is 14.1. The van der Waals surface area contributed by atoms with E-state index < -0.39 is 34.4 Å². The second-order valence-electron chi connectivity index (χ2n) is 9.53. The molecule has 0 aliphatic heterocycles. The Hall–Kier alpha value is -3.27. The maximum atomic E-state index is 14.1. The molecule has 3 rings (SSSR count). The van der Waals surface area contributed by atoms with Gasteiger partial charge in [0.1, 0.15) is 18.3 Å². The van der Waals surface area contributed by atoms with Crippen LogP contribution in [-0.2, 0) is 32.6 Å². The number of ether oxygens (including phenoxy) is 1. The summed E-state index contributed by atoms with van der Waals surface area (Å²) in [6, 6.07) is 19.5. The SMILES string of the molecule is COc1ccccc1N(CC(=O)N(Cc1c(Cl)cccc1Cl)C(Cc1ccccc1)C(=O)NC(C)C)S(C)(=O)=O. The average Bonchev–Trinajstić information content (AvgIpc) is 2.90. The smallest absolute Gasteiger partial charge is 0.244 e. The second kappa shape index (κ2) is 13.9. The van der Waals surface area contributed by atoms with Gasteiger partial charge in [0.15, 0.2) is 0 Å². The molecule has 0 heterocycles. The number of carbonyl (C=O) groups excluding carboxylic acids is 2. The third-order valence-electron chi connectivity index (χ3n) is 6.13. The number of hydrogen-bond acceptors (Lipinski definition) is 5. The van der Waals surface area contributed by atoms with E-state index in [-0.39, 0.29) is 30.4 Å². The molecule has 0 saturated carbocycles. The zero-order chi connectivity index (χ0) is 29.4. The van der Waals surface area contributed by atoms with E-state index >= 15 is 0 Å². The van der Waals surface area contributed by atoms with Gasteiger partial charge in [0.25, 0.3) is 0 Å². The van der Waals surface area contributed by atoms with Crippen molar-refractivity contribution in [1.82, 2.24) is 10.2 Å². The Kier molecular flexibility index (Phi) is 10.8. The van der Waals surface area contributed by atoms with Crippen molar-refractivity contribution < 1.29 is 22.7 Å². The lowest BCUT2D eigenvalue weighted by Gasteiger charge is -2.34. The van der Waals surface area contributed by atoms with Gasteiger partial charge in [-0.15, -0.1) is 0 Å². The zero-order valence-electron chi connectivity index (χ0n) is 22.8. The Balaban J connectivity index is 2.12. The summed E-state index contributed by atoms with van der Waals surface area (Å²) in [4.78, 5) is 29.1. The van der Waals surface area contributed by atoms with Crippen LogP contribution in [0.15, 0.2) is 72.8 Å². The molecule has 0 fully saturated rings. The van der Waals surface area contributed by atoms with Crippen LogP contribution in [0.1, 0.15) is 25.0 Å². The molecule has 1 N–H and O–H groups in total. The van der Waals surface area contributed by atoms with Crippen LogP contribution in [0.25, 0.3) is 0 Å². The minimum Gasteiger partial charge on any atom is -0.495 e. The molecular weight excluding hydrogens is 573 g/mol. The third kappa shape index (κ3) is 8.13. The molecule has 1 atom stereocenters. The summed E-state index contributed by atoms with van der Waals surface area (Å²) in [6.45, 7) is 2.94. The number of benzene rings is 3. The number of para-hydroxylation sites is 2. The molecule has 11 heteroatoms. The topological polar surface area (TPSA) is 96.0 Å². The minimum atomic E-state index is -3.94.